The number of hydrogen-bond acceptors (Lipinski definition) is 4. The van der Waals surface area contributed by atoms with Crippen LogP contribution < -0.4 is 4.74 Å². The molecule has 0 saturated heterocycles. The van der Waals surface area contributed by atoms with Crippen molar-refractivity contribution in [2.24, 2.45) is 0 Å². The summed E-state index contributed by atoms with van der Waals surface area (Å²) >= 11 is 11.8. The first-order valence-electron chi connectivity index (χ1n) is 6.64. The van der Waals surface area contributed by atoms with Crippen LogP contribution in [0, 0.1) is 0 Å². The first-order chi connectivity index (χ1) is 10.6. The third kappa shape index (κ3) is 3.24. The summed E-state index contributed by atoms with van der Waals surface area (Å²) in [5.41, 5.74) is 0.864. The van der Waals surface area contributed by atoms with Gasteiger partial charge in [-0.1, -0.05) is 41.4 Å². The van der Waals surface area contributed by atoms with Crippen LogP contribution in [0.5, 0.6) is 5.75 Å². The molecule has 112 valence electrons. The standard InChI is InChI=1S/C16H12Cl2N2O2/c1-10(21-12-7-8-13(17)14(18)9-12)15-19-20-16(22-15)11-5-3-2-4-6-11/h2-10H,1H3. The van der Waals surface area contributed by atoms with Gasteiger partial charge in [0.1, 0.15) is 5.75 Å². The quantitative estimate of drug-likeness (QED) is 0.659. The van der Waals surface area contributed by atoms with Crippen LogP contribution in [0.15, 0.2) is 52.9 Å². The van der Waals surface area contributed by atoms with E-state index < -0.39 is 6.10 Å². The summed E-state index contributed by atoms with van der Waals surface area (Å²) < 4.78 is 11.4. The van der Waals surface area contributed by atoms with Crippen LogP contribution in [-0.2, 0) is 0 Å². The molecule has 0 N–H and O–H groups in total. The van der Waals surface area contributed by atoms with Gasteiger partial charge in [-0.25, -0.2) is 0 Å². The highest BCUT2D eigenvalue weighted by atomic mass is 35.5. The summed E-state index contributed by atoms with van der Waals surface area (Å²) in [5.74, 6) is 1.44. The van der Waals surface area contributed by atoms with Crippen molar-refractivity contribution in [2.75, 3.05) is 0 Å². The number of benzene rings is 2. The van der Waals surface area contributed by atoms with Crippen molar-refractivity contribution in [3.05, 3.63) is 64.5 Å². The minimum absolute atomic E-state index is 0.393. The molecule has 1 unspecified atom stereocenters. The summed E-state index contributed by atoms with van der Waals surface area (Å²) in [5, 5.41) is 8.97. The third-order valence-electron chi connectivity index (χ3n) is 3.01. The Morgan fingerprint density at radius 2 is 1.77 bits per heavy atom. The van der Waals surface area contributed by atoms with E-state index >= 15 is 0 Å². The highest BCUT2D eigenvalue weighted by Crippen LogP contribution is 2.29. The first-order valence-corrected chi connectivity index (χ1v) is 7.39. The van der Waals surface area contributed by atoms with Gasteiger partial charge in [-0.3, -0.25) is 0 Å². The Balaban J connectivity index is 1.77. The average molecular weight is 335 g/mol. The van der Waals surface area contributed by atoms with Crippen LogP contribution >= 0.6 is 23.2 Å². The molecule has 0 spiro atoms. The molecule has 6 heteroatoms. The molecule has 0 saturated carbocycles. The predicted molar refractivity (Wildman–Crippen MR) is 85.2 cm³/mol. The van der Waals surface area contributed by atoms with E-state index in [4.69, 9.17) is 32.4 Å². The molecule has 22 heavy (non-hydrogen) atoms. The molecule has 1 heterocycles. The average Bonchev–Trinajstić information content (AvgIpc) is 3.02. The first kappa shape index (κ1) is 14.9. The van der Waals surface area contributed by atoms with E-state index in [-0.39, 0.29) is 0 Å². The molecule has 0 aliphatic carbocycles. The lowest BCUT2D eigenvalue weighted by Crippen LogP contribution is -2.03. The summed E-state index contributed by atoms with van der Waals surface area (Å²) in [6.07, 6.45) is -0.401. The second-order valence-electron chi connectivity index (χ2n) is 4.65. The minimum Gasteiger partial charge on any atom is -0.481 e. The Labute approximate surface area is 137 Å². The number of rotatable bonds is 4. The summed E-state index contributed by atoms with van der Waals surface area (Å²) in [6.45, 7) is 1.82. The Hall–Kier alpha value is -2.04. The summed E-state index contributed by atoms with van der Waals surface area (Å²) in [4.78, 5) is 0. The zero-order valence-electron chi connectivity index (χ0n) is 11.7. The number of halogens is 2. The van der Waals surface area contributed by atoms with Gasteiger partial charge in [0.15, 0.2) is 6.10 Å². The molecule has 0 aliphatic rings. The van der Waals surface area contributed by atoms with Gasteiger partial charge in [0.2, 0.25) is 5.89 Å². The minimum atomic E-state index is -0.401. The largest absolute Gasteiger partial charge is 0.481 e. The molecule has 0 aliphatic heterocycles. The van der Waals surface area contributed by atoms with E-state index in [1.54, 1.807) is 18.2 Å². The molecule has 0 bridgehead atoms. The van der Waals surface area contributed by atoms with Crippen LogP contribution in [0.3, 0.4) is 0 Å². The lowest BCUT2D eigenvalue weighted by Gasteiger charge is -2.11. The van der Waals surface area contributed by atoms with Crippen molar-refractivity contribution in [1.29, 1.82) is 0 Å². The van der Waals surface area contributed by atoms with E-state index in [1.165, 1.54) is 0 Å². The van der Waals surface area contributed by atoms with Crippen molar-refractivity contribution in [3.8, 4) is 17.2 Å². The van der Waals surface area contributed by atoms with Gasteiger partial charge in [-0.15, -0.1) is 10.2 Å². The smallest absolute Gasteiger partial charge is 0.257 e. The Morgan fingerprint density at radius 3 is 2.50 bits per heavy atom. The SMILES string of the molecule is CC(Oc1ccc(Cl)c(Cl)c1)c1nnc(-c2ccccc2)o1. The van der Waals surface area contributed by atoms with Crippen LogP contribution in [0.25, 0.3) is 11.5 Å². The maximum Gasteiger partial charge on any atom is 0.257 e. The molecule has 0 amide bonds. The molecule has 3 rings (SSSR count). The van der Waals surface area contributed by atoms with E-state index in [1.807, 2.05) is 37.3 Å². The zero-order chi connectivity index (χ0) is 15.5. The molecule has 4 nitrogen and oxygen atoms in total. The molecular formula is C16H12Cl2N2O2. The molecule has 0 fully saturated rings. The molecular weight excluding hydrogens is 323 g/mol. The van der Waals surface area contributed by atoms with E-state index in [9.17, 15) is 0 Å². The van der Waals surface area contributed by atoms with Crippen molar-refractivity contribution in [2.45, 2.75) is 13.0 Å². The summed E-state index contributed by atoms with van der Waals surface area (Å²) in [6, 6.07) is 14.6. The van der Waals surface area contributed by atoms with Crippen LogP contribution in [0.1, 0.15) is 18.9 Å². The fraction of sp³-hybridized carbons (Fsp3) is 0.125. The van der Waals surface area contributed by atoms with E-state index in [0.29, 0.717) is 27.6 Å². The monoisotopic (exact) mass is 334 g/mol. The van der Waals surface area contributed by atoms with Crippen molar-refractivity contribution in [3.63, 3.8) is 0 Å². The van der Waals surface area contributed by atoms with E-state index in [0.717, 1.165) is 5.56 Å². The normalized spacial score (nSPS) is 12.1. The Kier molecular flexibility index (Phi) is 4.32. The lowest BCUT2D eigenvalue weighted by molar-refractivity contribution is 0.189. The van der Waals surface area contributed by atoms with Crippen LogP contribution in [0.2, 0.25) is 10.0 Å². The third-order valence-corrected chi connectivity index (χ3v) is 3.75. The maximum absolute atomic E-state index is 5.96. The van der Waals surface area contributed by atoms with Crippen LogP contribution in [-0.4, -0.2) is 10.2 Å². The van der Waals surface area contributed by atoms with Gasteiger partial charge in [0, 0.05) is 11.6 Å². The van der Waals surface area contributed by atoms with E-state index in [2.05, 4.69) is 10.2 Å². The van der Waals surface area contributed by atoms with Crippen molar-refractivity contribution in [1.82, 2.24) is 10.2 Å². The second kappa shape index (κ2) is 6.38. The topological polar surface area (TPSA) is 48.2 Å². The van der Waals surface area contributed by atoms with Crippen LogP contribution in [0.4, 0.5) is 0 Å². The van der Waals surface area contributed by atoms with Crippen molar-refractivity contribution >= 4 is 23.2 Å². The van der Waals surface area contributed by atoms with Gasteiger partial charge in [0.05, 0.1) is 10.0 Å². The molecule has 1 atom stereocenters. The second-order valence-corrected chi connectivity index (χ2v) is 5.46. The van der Waals surface area contributed by atoms with Crippen molar-refractivity contribution < 1.29 is 9.15 Å². The molecule has 3 aromatic rings. The Morgan fingerprint density at radius 1 is 1.00 bits per heavy atom. The van der Waals surface area contributed by atoms with Gasteiger partial charge in [0.25, 0.3) is 5.89 Å². The lowest BCUT2D eigenvalue weighted by atomic mass is 10.2. The summed E-state index contributed by atoms with van der Waals surface area (Å²) in [7, 11) is 0. The predicted octanol–water partition coefficient (Wildman–Crippen LogP) is 5.18. The fourth-order valence-electron chi connectivity index (χ4n) is 1.90. The number of aromatic nitrogens is 2. The van der Waals surface area contributed by atoms with Gasteiger partial charge < -0.3 is 9.15 Å². The Bertz CT molecular complexity index is 775. The number of hydrogen-bond donors (Lipinski definition) is 0. The highest BCUT2D eigenvalue weighted by Gasteiger charge is 2.17. The van der Waals surface area contributed by atoms with Gasteiger partial charge >= 0.3 is 0 Å². The molecule has 1 aromatic heterocycles. The fourth-order valence-corrected chi connectivity index (χ4v) is 2.19. The molecule has 2 aromatic carbocycles. The maximum atomic E-state index is 5.96. The molecule has 0 radical (unpaired) electrons. The zero-order valence-corrected chi connectivity index (χ0v) is 13.2. The van der Waals surface area contributed by atoms with Gasteiger partial charge in [-0.2, -0.15) is 0 Å². The van der Waals surface area contributed by atoms with Gasteiger partial charge in [-0.05, 0) is 31.2 Å². The number of ether oxygens (including phenoxy) is 1. The number of nitrogens with zero attached hydrogens (tertiary/aromatic N) is 2. The highest BCUT2D eigenvalue weighted by molar-refractivity contribution is 6.42.